The molecule has 0 spiro atoms. The van der Waals surface area contributed by atoms with Crippen molar-refractivity contribution < 1.29 is 8.78 Å². The molecule has 2 nitrogen and oxygen atoms in total. The van der Waals surface area contributed by atoms with Crippen LogP contribution in [0.4, 0.5) is 8.78 Å². The van der Waals surface area contributed by atoms with Crippen molar-refractivity contribution in [3.05, 3.63) is 0 Å². The molecule has 1 saturated heterocycles. The summed E-state index contributed by atoms with van der Waals surface area (Å²) in [6, 6.07) is 2.07. The van der Waals surface area contributed by atoms with E-state index < -0.39 is 5.92 Å². The Labute approximate surface area is 70.8 Å². The highest BCUT2D eigenvalue weighted by atomic mass is 19.3. The van der Waals surface area contributed by atoms with Crippen LogP contribution in [0.3, 0.4) is 0 Å². The molecule has 0 aliphatic carbocycles. The average Bonchev–Trinajstić information content (AvgIpc) is 1.92. The van der Waals surface area contributed by atoms with Crippen molar-refractivity contribution in [3.8, 4) is 6.07 Å². The van der Waals surface area contributed by atoms with Crippen LogP contribution in [0.25, 0.3) is 0 Å². The normalized spacial score (nSPS) is 24.7. The maximum absolute atomic E-state index is 12.5. The number of nitrogens with zero attached hydrogens (tertiary/aromatic N) is 2. The number of hydrogen-bond acceptors (Lipinski definition) is 2. The van der Waals surface area contributed by atoms with E-state index in [4.69, 9.17) is 5.26 Å². The molecule has 0 N–H and O–H groups in total. The Hall–Kier alpha value is -0.690. The van der Waals surface area contributed by atoms with Gasteiger partial charge in [-0.2, -0.15) is 5.26 Å². The minimum absolute atomic E-state index is 0.0702. The Morgan fingerprint density at radius 1 is 1.67 bits per heavy atom. The molecular weight excluding hydrogens is 162 g/mol. The lowest BCUT2D eigenvalue weighted by atomic mass is 10.00. The Morgan fingerprint density at radius 3 is 2.67 bits per heavy atom. The molecular formula is C8H12F2N2. The molecule has 0 bridgehead atoms. The first-order valence-corrected chi connectivity index (χ1v) is 4.02. The van der Waals surface area contributed by atoms with Crippen LogP contribution < -0.4 is 0 Å². The van der Waals surface area contributed by atoms with E-state index in [0.717, 1.165) is 13.3 Å². The van der Waals surface area contributed by atoms with Crippen LogP contribution in [0.15, 0.2) is 0 Å². The van der Waals surface area contributed by atoms with Gasteiger partial charge in [-0.25, -0.2) is 8.78 Å². The van der Waals surface area contributed by atoms with E-state index in [-0.39, 0.29) is 12.6 Å². The predicted octanol–water partition coefficient (Wildman–Crippen LogP) is 1.63. The fourth-order valence-corrected chi connectivity index (χ4v) is 1.40. The molecule has 0 aromatic carbocycles. The molecule has 0 aromatic heterocycles. The first-order valence-electron chi connectivity index (χ1n) is 4.02. The zero-order chi connectivity index (χ0) is 9.19. The van der Waals surface area contributed by atoms with E-state index in [1.807, 2.05) is 6.07 Å². The van der Waals surface area contributed by atoms with Crippen LogP contribution in [-0.2, 0) is 0 Å². The fourth-order valence-electron chi connectivity index (χ4n) is 1.40. The first-order chi connectivity index (χ1) is 5.53. The van der Waals surface area contributed by atoms with Crippen molar-refractivity contribution in [2.24, 2.45) is 0 Å². The van der Waals surface area contributed by atoms with Crippen molar-refractivity contribution in [1.29, 1.82) is 5.26 Å². The van der Waals surface area contributed by atoms with Gasteiger partial charge < -0.3 is 0 Å². The highest BCUT2D eigenvalue weighted by molar-refractivity contribution is 4.91. The number of likely N-dealkylation sites (tertiary alicyclic amines) is 1. The van der Waals surface area contributed by atoms with Crippen LogP contribution >= 0.6 is 0 Å². The molecule has 1 aliphatic heterocycles. The molecule has 0 saturated carbocycles. The van der Waals surface area contributed by atoms with E-state index in [9.17, 15) is 8.78 Å². The topological polar surface area (TPSA) is 27.0 Å². The lowest BCUT2D eigenvalue weighted by Crippen LogP contribution is -2.51. The quantitative estimate of drug-likeness (QED) is 0.650. The van der Waals surface area contributed by atoms with E-state index in [0.29, 0.717) is 13.0 Å². The average molecular weight is 174 g/mol. The summed E-state index contributed by atoms with van der Waals surface area (Å²) < 4.78 is 25.0. The summed E-state index contributed by atoms with van der Waals surface area (Å²) in [6.07, 6.45) is 1.25. The Morgan fingerprint density at radius 2 is 2.33 bits per heavy atom. The minimum Gasteiger partial charge on any atom is -0.293 e. The summed E-state index contributed by atoms with van der Waals surface area (Å²) in [7, 11) is 0. The number of hydrogen-bond donors (Lipinski definition) is 0. The lowest BCUT2D eigenvalue weighted by molar-refractivity contribution is -0.0510. The molecule has 1 unspecified atom stereocenters. The third-order valence-corrected chi connectivity index (χ3v) is 2.07. The summed E-state index contributed by atoms with van der Waals surface area (Å²) in [4.78, 5) is 1.67. The minimum atomic E-state index is -2.63. The third-order valence-electron chi connectivity index (χ3n) is 2.07. The third kappa shape index (κ3) is 2.42. The van der Waals surface area contributed by atoms with Gasteiger partial charge in [-0.3, -0.25) is 4.90 Å². The first kappa shape index (κ1) is 9.40. The maximum atomic E-state index is 12.5. The molecule has 12 heavy (non-hydrogen) atoms. The van der Waals surface area contributed by atoms with Crippen LogP contribution in [0.1, 0.15) is 19.8 Å². The smallest absolute Gasteiger partial charge is 0.257 e. The van der Waals surface area contributed by atoms with Crippen LogP contribution in [0, 0.1) is 11.3 Å². The molecule has 1 heterocycles. The van der Waals surface area contributed by atoms with Gasteiger partial charge in [0.05, 0.1) is 19.0 Å². The summed E-state index contributed by atoms with van der Waals surface area (Å²) in [5, 5.41) is 8.35. The van der Waals surface area contributed by atoms with Gasteiger partial charge in [0.2, 0.25) is 0 Å². The maximum Gasteiger partial charge on any atom is 0.257 e. The monoisotopic (exact) mass is 174 g/mol. The summed E-state index contributed by atoms with van der Waals surface area (Å²) in [5.74, 6) is -2.63. The van der Waals surface area contributed by atoms with Gasteiger partial charge in [0.25, 0.3) is 5.92 Å². The summed E-state index contributed by atoms with van der Waals surface area (Å²) in [6.45, 7) is 1.41. The van der Waals surface area contributed by atoms with Gasteiger partial charge in [0.15, 0.2) is 0 Å². The second-order valence-electron chi connectivity index (χ2n) is 3.35. The molecule has 68 valence electrons. The van der Waals surface area contributed by atoms with Crippen molar-refractivity contribution >= 4 is 0 Å². The molecule has 0 aromatic rings. The molecule has 1 atom stereocenters. The van der Waals surface area contributed by atoms with Gasteiger partial charge >= 0.3 is 0 Å². The van der Waals surface area contributed by atoms with Gasteiger partial charge in [-0.1, -0.05) is 0 Å². The largest absolute Gasteiger partial charge is 0.293 e. The van der Waals surface area contributed by atoms with Crippen LogP contribution in [0.2, 0.25) is 0 Å². The van der Waals surface area contributed by atoms with Gasteiger partial charge in [0.1, 0.15) is 0 Å². The number of alkyl halides is 2. The summed E-state index contributed by atoms with van der Waals surface area (Å²) in [5.41, 5.74) is 0. The zero-order valence-electron chi connectivity index (χ0n) is 7.06. The number of rotatable bonds is 3. The van der Waals surface area contributed by atoms with E-state index in [1.54, 1.807) is 4.90 Å². The van der Waals surface area contributed by atoms with Gasteiger partial charge in [0, 0.05) is 19.5 Å². The van der Waals surface area contributed by atoms with E-state index in [2.05, 4.69) is 0 Å². The van der Waals surface area contributed by atoms with E-state index >= 15 is 0 Å². The standard InChI is InChI=1S/C8H12F2N2/c1-8(9,10)6-12-5-3-7(12)2-4-11/h7H,2-3,5-6H2,1H3. The van der Waals surface area contributed by atoms with Crippen molar-refractivity contribution in [1.82, 2.24) is 4.90 Å². The Kier molecular flexibility index (Phi) is 2.63. The highest BCUT2D eigenvalue weighted by Gasteiger charge is 2.34. The summed E-state index contributed by atoms with van der Waals surface area (Å²) >= 11 is 0. The lowest BCUT2D eigenvalue weighted by Gasteiger charge is -2.40. The molecule has 1 rings (SSSR count). The molecule has 1 aliphatic rings. The zero-order valence-corrected chi connectivity index (χ0v) is 7.06. The van der Waals surface area contributed by atoms with Crippen LogP contribution in [-0.4, -0.2) is 30.0 Å². The van der Waals surface area contributed by atoms with Crippen molar-refractivity contribution in [2.75, 3.05) is 13.1 Å². The van der Waals surface area contributed by atoms with Crippen molar-refractivity contribution in [3.63, 3.8) is 0 Å². The fraction of sp³-hybridized carbons (Fsp3) is 0.875. The van der Waals surface area contributed by atoms with Gasteiger partial charge in [-0.05, 0) is 6.42 Å². The number of nitriles is 1. The van der Waals surface area contributed by atoms with Crippen molar-refractivity contribution in [2.45, 2.75) is 31.7 Å². The predicted molar refractivity (Wildman–Crippen MR) is 40.8 cm³/mol. The SMILES string of the molecule is CC(F)(F)CN1CCC1CC#N. The second-order valence-corrected chi connectivity index (χ2v) is 3.35. The molecule has 4 heteroatoms. The molecule has 1 fully saturated rings. The molecule has 0 radical (unpaired) electrons. The number of halogens is 2. The highest BCUT2D eigenvalue weighted by Crippen LogP contribution is 2.24. The van der Waals surface area contributed by atoms with Crippen LogP contribution in [0.5, 0.6) is 0 Å². The van der Waals surface area contributed by atoms with E-state index in [1.165, 1.54) is 0 Å². The van der Waals surface area contributed by atoms with Gasteiger partial charge in [-0.15, -0.1) is 0 Å². The second kappa shape index (κ2) is 3.36. The Bertz CT molecular complexity index is 192. The molecule has 0 amide bonds. The Balaban J connectivity index is 2.31.